The summed E-state index contributed by atoms with van der Waals surface area (Å²) in [4.78, 5) is 22.7. The number of aromatic amines is 1. The number of hydrazone groups is 1. The second-order valence-electron chi connectivity index (χ2n) is 6.55. The van der Waals surface area contributed by atoms with E-state index in [9.17, 15) is 30.3 Å². The number of imidazole rings is 1. The fraction of sp³-hybridized carbons (Fsp3) is 0.294. The van der Waals surface area contributed by atoms with Crippen LogP contribution in [0, 0.1) is 0 Å². The molecule has 4 rings (SSSR count). The first-order valence-electron chi connectivity index (χ1n) is 8.80. The van der Waals surface area contributed by atoms with Crippen LogP contribution in [0.4, 0.5) is 5.95 Å². The van der Waals surface area contributed by atoms with E-state index in [1.165, 1.54) is 22.9 Å². The van der Waals surface area contributed by atoms with Crippen LogP contribution >= 0.6 is 0 Å². The average Bonchev–Trinajstić information content (AvgIpc) is 3.22. The maximum atomic E-state index is 12.1. The molecule has 1 saturated heterocycles. The molecule has 3 aromatic rings. The Morgan fingerprint density at radius 1 is 1.30 bits per heavy atom. The van der Waals surface area contributed by atoms with Crippen molar-refractivity contribution in [2.24, 2.45) is 5.10 Å². The summed E-state index contributed by atoms with van der Waals surface area (Å²) in [5.74, 6) is -0.372. The van der Waals surface area contributed by atoms with Crippen molar-refractivity contribution in [1.29, 1.82) is 0 Å². The molecule has 1 aromatic carbocycles. The summed E-state index contributed by atoms with van der Waals surface area (Å²) in [5, 5.41) is 52.9. The highest BCUT2D eigenvalue weighted by atomic mass is 16.6. The predicted octanol–water partition coefficient (Wildman–Crippen LogP) is -1.41. The van der Waals surface area contributed by atoms with Crippen LogP contribution in [-0.2, 0) is 4.74 Å². The number of anilines is 1. The van der Waals surface area contributed by atoms with Gasteiger partial charge < -0.3 is 35.3 Å². The van der Waals surface area contributed by atoms with Gasteiger partial charge in [-0.1, -0.05) is 0 Å². The quantitative estimate of drug-likeness (QED) is 0.191. The first-order chi connectivity index (χ1) is 14.4. The Balaban J connectivity index is 1.73. The van der Waals surface area contributed by atoms with E-state index in [0.29, 0.717) is 0 Å². The van der Waals surface area contributed by atoms with Crippen molar-refractivity contribution in [2.45, 2.75) is 24.5 Å². The molecule has 158 valence electrons. The third-order valence-corrected chi connectivity index (χ3v) is 4.64. The highest BCUT2D eigenvalue weighted by molar-refractivity contribution is 5.84. The molecular formula is C17H18N6O7. The van der Waals surface area contributed by atoms with E-state index in [-0.39, 0.29) is 34.2 Å². The number of aromatic nitrogens is 4. The predicted molar refractivity (Wildman–Crippen MR) is 102 cm³/mol. The second kappa shape index (κ2) is 7.72. The van der Waals surface area contributed by atoms with E-state index >= 15 is 0 Å². The lowest BCUT2D eigenvalue weighted by Gasteiger charge is -2.18. The van der Waals surface area contributed by atoms with E-state index in [1.807, 2.05) is 0 Å². The summed E-state index contributed by atoms with van der Waals surface area (Å²) in [6, 6.07) is 3.93. The van der Waals surface area contributed by atoms with E-state index in [0.717, 1.165) is 12.4 Å². The number of H-pyrrole nitrogens is 1. The number of rotatable bonds is 5. The van der Waals surface area contributed by atoms with Crippen molar-refractivity contribution in [3.05, 3.63) is 40.4 Å². The van der Waals surface area contributed by atoms with Crippen LogP contribution in [0.2, 0.25) is 0 Å². The van der Waals surface area contributed by atoms with Crippen molar-refractivity contribution in [3.63, 3.8) is 0 Å². The highest BCUT2D eigenvalue weighted by Gasteiger charge is 2.45. The monoisotopic (exact) mass is 418 g/mol. The van der Waals surface area contributed by atoms with Gasteiger partial charge in [0.05, 0.1) is 19.1 Å². The average molecular weight is 418 g/mol. The van der Waals surface area contributed by atoms with Crippen molar-refractivity contribution < 1.29 is 30.3 Å². The molecule has 0 spiro atoms. The van der Waals surface area contributed by atoms with Crippen LogP contribution in [0.15, 0.2) is 34.4 Å². The lowest BCUT2D eigenvalue weighted by molar-refractivity contribution is -0.0501. The number of aliphatic hydroxyl groups excluding tert-OH is 3. The molecule has 1 aliphatic heterocycles. The fourth-order valence-electron chi connectivity index (χ4n) is 3.13. The normalized spacial score (nSPS) is 24.1. The van der Waals surface area contributed by atoms with Gasteiger partial charge in [0.1, 0.15) is 29.8 Å². The number of aromatic hydroxyl groups is 2. The minimum Gasteiger partial charge on any atom is -0.508 e. The van der Waals surface area contributed by atoms with E-state index in [1.54, 1.807) is 0 Å². The number of ether oxygens (including phenoxy) is 1. The minimum absolute atomic E-state index is 0.0430. The summed E-state index contributed by atoms with van der Waals surface area (Å²) in [6.45, 7) is -0.531. The van der Waals surface area contributed by atoms with E-state index in [2.05, 4.69) is 25.5 Å². The van der Waals surface area contributed by atoms with Gasteiger partial charge >= 0.3 is 0 Å². The Kier molecular flexibility index (Phi) is 5.09. The summed E-state index contributed by atoms with van der Waals surface area (Å²) >= 11 is 0. The first kappa shape index (κ1) is 19.8. The molecule has 0 aliphatic carbocycles. The molecule has 4 atom stereocenters. The van der Waals surface area contributed by atoms with Gasteiger partial charge in [-0.15, -0.1) is 0 Å². The zero-order valence-electron chi connectivity index (χ0n) is 15.2. The van der Waals surface area contributed by atoms with Crippen LogP contribution in [0.5, 0.6) is 11.5 Å². The van der Waals surface area contributed by atoms with Gasteiger partial charge in [-0.3, -0.25) is 9.36 Å². The number of nitrogens with one attached hydrogen (secondary N) is 2. The van der Waals surface area contributed by atoms with Crippen LogP contribution < -0.4 is 11.0 Å². The van der Waals surface area contributed by atoms with Crippen LogP contribution in [-0.4, -0.2) is 76.2 Å². The molecule has 13 heteroatoms. The van der Waals surface area contributed by atoms with Gasteiger partial charge in [-0.2, -0.15) is 5.10 Å². The summed E-state index contributed by atoms with van der Waals surface area (Å²) in [5.41, 5.74) is 2.31. The summed E-state index contributed by atoms with van der Waals surface area (Å²) in [6.07, 6.45) is -2.68. The largest absolute Gasteiger partial charge is 0.508 e. The Hall–Kier alpha value is -3.52. The number of hydrogen-bond donors (Lipinski definition) is 7. The Bertz CT molecular complexity index is 1160. The molecule has 13 nitrogen and oxygen atoms in total. The molecule has 4 unspecified atom stereocenters. The Morgan fingerprint density at radius 3 is 2.80 bits per heavy atom. The second-order valence-corrected chi connectivity index (χ2v) is 6.55. The van der Waals surface area contributed by atoms with Crippen LogP contribution in [0.3, 0.4) is 0 Å². The van der Waals surface area contributed by atoms with Crippen LogP contribution in [0.25, 0.3) is 11.2 Å². The van der Waals surface area contributed by atoms with Gasteiger partial charge in [-0.25, -0.2) is 15.4 Å². The number of fused-ring (bicyclic) bond motifs is 1. The molecule has 2 aromatic heterocycles. The molecule has 30 heavy (non-hydrogen) atoms. The lowest BCUT2D eigenvalue weighted by Crippen LogP contribution is -2.33. The molecule has 0 radical (unpaired) electrons. The summed E-state index contributed by atoms with van der Waals surface area (Å²) < 4.78 is 6.76. The number of nitrogens with zero attached hydrogens (tertiary/aromatic N) is 4. The SMILES string of the molecule is O=c1[nH]cnc2c1nc(NN=Cc1ccc(O)cc1O)n2C1OC(CO)C(O)C1O. The highest BCUT2D eigenvalue weighted by Crippen LogP contribution is 2.33. The molecule has 1 aliphatic rings. The standard InChI is InChI=1S/C17H18N6O7/c24-5-10-12(27)13(28)16(30-10)23-14-11(15(29)19-6-18-14)21-17(23)22-20-4-7-1-2-8(25)3-9(7)26/h1-4,6,10,12-13,16,24-28H,5H2,(H,21,22)(H,18,19,29). The smallest absolute Gasteiger partial charge is 0.278 e. The number of phenols is 2. The number of hydrogen-bond acceptors (Lipinski definition) is 11. The molecule has 0 saturated carbocycles. The van der Waals surface area contributed by atoms with E-state index in [4.69, 9.17) is 4.74 Å². The molecular weight excluding hydrogens is 400 g/mol. The summed E-state index contributed by atoms with van der Waals surface area (Å²) in [7, 11) is 0. The zero-order chi connectivity index (χ0) is 21.4. The van der Waals surface area contributed by atoms with Gasteiger partial charge in [0, 0.05) is 11.6 Å². The van der Waals surface area contributed by atoms with Gasteiger partial charge in [0.15, 0.2) is 17.4 Å². The minimum atomic E-state index is -1.44. The lowest BCUT2D eigenvalue weighted by atomic mass is 10.1. The zero-order valence-corrected chi connectivity index (χ0v) is 15.2. The number of aliphatic hydroxyl groups is 3. The maximum absolute atomic E-state index is 12.1. The Labute approximate surface area is 167 Å². The third kappa shape index (κ3) is 3.35. The molecule has 7 N–H and O–H groups in total. The molecule has 0 bridgehead atoms. The van der Waals surface area contributed by atoms with Crippen molar-refractivity contribution in [3.8, 4) is 11.5 Å². The molecule has 1 fully saturated rings. The maximum Gasteiger partial charge on any atom is 0.278 e. The molecule has 3 heterocycles. The van der Waals surface area contributed by atoms with Crippen LogP contribution in [0.1, 0.15) is 11.8 Å². The third-order valence-electron chi connectivity index (χ3n) is 4.64. The van der Waals surface area contributed by atoms with Crippen molar-refractivity contribution in [2.75, 3.05) is 12.0 Å². The Morgan fingerprint density at radius 2 is 2.10 bits per heavy atom. The number of benzene rings is 1. The fourth-order valence-corrected chi connectivity index (χ4v) is 3.13. The van der Waals surface area contributed by atoms with E-state index < -0.39 is 36.7 Å². The van der Waals surface area contributed by atoms with Gasteiger partial charge in [-0.05, 0) is 12.1 Å². The van der Waals surface area contributed by atoms with Crippen molar-refractivity contribution >= 4 is 23.3 Å². The van der Waals surface area contributed by atoms with Gasteiger partial charge in [0.2, 0.25) is 5.95 Å². The molecule has 0 amide bonds. The van der Waals surface area contributed by atoms with Gasteiger partial charge in [0.25, 0.3) is 5.56 Å². The first-order valence-corrected chi connectivity index (χ1v) is 8.80. The number of phenolic OH excluding ortho intramolecular Hbond substituents is 2. The van der Waals surface area contributed by atoms with Crippen molar-refractivity contribution in [1.82, 2.24) is 19.5 Å². The topological polar surface area (TPSA) is 198 Å².